The van der Waals surface area contributed by atoms with Crippen molar-refractivity contribution in [1.82, 2.24) is 30.4 Å². The smallest absolute Gasteiger partial charge is 0.249 e. The minimum Gasteiger partial charge on any atom is -0.341 e. The Balaban J connectivity index is 0.00000280. The monoisotopic (exact) mass is 406 g/mol. The van der Waals surface area contributed by atoms with Crippen molar-refractivity contribution in [3.8, 4) is 11.4 Å². The van der Waals surface area contributed by atoms with Crippen LogP contribution in [-0.4, -0.2) is 57.7 Å². The number of amides is 1. The molecule has 1 aromatic heterocycles. The number of nitrogens with one attached hydrogen (secondary N) is 1. The largest absolute Gasteiger partial charge is 0.341 e. The molecule has 0 radical (unpaired) electrons. The molecule has 0 bridgehead atoms. The zero-order chi connectivity index (χ0) is 19.2. The Kier molecular flexibility index (Phi) is 8.38. The van der Waals surface area contributed by atoms with E-state index in [1.54, 1.807) is 0 Å². The van der Waals surface area contributed by atoms with Gasteiger partial charge in [-0.2, -0.15) is 4.80 Å². The average molecular weight is 407 g/mol. The standard InChI is InChI=1S/C20H30N6O.ClH/c1-15(2)18(20(27)25-13-10-16(11-14-25)9-12-21-3)26-23-19(22-24-26)17-7-5-4-6-8-17;/h4-8,15-16,18,21H,9-14H2,1-3H3;1H. The van der Waals surface area contributed by atoms with Gasteiger partial charge in [0.05, 0.1) is 0 Å². The third kappa shape index (κ3) is 5.29. The maximum atomic E-state index is 13.2. The maximum absolute atomic E-state index is 13.2. The van der Waals surface area contributed by atoms with Crippen LogP contribution in [0.15, 0.2) is 30.3 Å². The summed E-state index contributed by atoms with van der Waals surface area (Å²) >= 11 is 0. The second-order valence-electron chi connectivity index (χ2n) is 7.65. The predicted molar refractivity (Wildman–Crippen MR) is 112 cm³/mol. The number of benzene rings is 1. The van der Waals surface area contributed by atoms with Crippen molar-refractivity contribution in [2.45, 2.75) is 39.2 Å². The SMILES string of the molecule is CNCCC1CCN(C(=O)C(C(C)C)n2nnc(-c3ccccc3)n2)CC1.Cl. The van der Waals surface area contributed by atoms with Crippen LogP contribution in [0.4, 0.5) is 0 Å². The highest BCUT2D eigenvalue weighted by Crippen LogP contribution is 2.25. The van der Waals surface area contributed by atoms with Crippen LogP contribution in [0.1, 0.15) is 39.2 Å². The van der Waals surface area contributed by atoms with Gasteiger partial charge in [-0.05, 0) is 49.9 Å². The van der Waals surface area contributed by atoms with E-state index in [4.69, 9.17) is 0 Å². The molecule has 2 heterocycles. The van der Waals surface area contributed by atoms with Gasteiger partial charge in [0, 0.05) is 18.7 Å². The van der Waals surface area contributed by atoms with E-state index in [2.05, 4.69) is 20.7 Å². The average Bonchev–Trinajstić information content (AvgIpc) is 3.17. The first-order chi connectivity index (χ1) is 13.1. The Morgan fingerprint density at radius 3 is 2.50 bits per heavy atom. The van der Waals surface area contributed by atoms with Gasteiger partial charge in [0.15, 0.2) is 6.04 Å². The lowest BCUT2D eigenvalue weighted by Crippen LogP contribution is -2.44. The molecule has 1 saturated heterocycles. The number of likely N-dealkylation sites (tertiary alicyclic amines) is 1. The van der Waals surface area contributed by atoms with E-state index in [1.165, 1.54) is 11.2 Å². The molecule has 1 atom stereocenters. The van der Waals surface area contributed by atoms with Crippen LogP contribution >= 0.6 is 12.4 Å². The second-order valence-corrected chi connectivity index (χ2v) is 7.65. The topological polar surface area (TPSA) is 75.9 Å². The lowest BCUT2D eigenvalue weighted by molar-refractivity contribution is -0.138. The van der Waals surface area contributed by atoms with E-state index in [1.807, 2.05) is 56.1 Å². The summed E-state index contributed by atoms with van der Waals surface area (Å²) < 4.78 is 0. The highest BCUT2D eigenvalue weighted by molar-refractivity contribution is 5.85. The van der Waals surface area contributed by atoms with Gasteiger partial charge in [-0.1, -0.05) is 44.2 Å². The van der Waals surface area contributed by atoms with E-state index in [0.29, 0.717) is 11.7 Å². The summed E-state index contributed by atoms with van der Waals surface area (Å²) in [4.78, 5) is 16.7. The molecule has 0 spiro atoms. The summed E-state index contributed by atoms with van der Waals surface area (Å²) in [6.45, 7) is 6.74. The maximum Gasteiger partial charge on any atom is 0.249 e. The Labute approximate surface area is 173 Å². The van der Waals surface area contributed by atoms with E-state index in [0.717, 1.165) is 38.0 Å². The summed E-state index contributed by atoms with van der Waals surface area (Å²) in [5.74, 6) is 1.46. The number of halogens is 1. The number of carbonyl (C=O) groups excluding carboxylic acids is 1. The van der Waals surface area contributed by atoms with Crippen molar-refractivity contribution >= 4 is 18.3 Å². The Bertz CT molecular complexity index is 727. The molecular formula is C20H31ClN6O. The van der Waals surface area contributed by atoms with Crippen LogP contribution in [0, 0.1) is 11.8 Å². The molecule has 1 N–H and O–H groups in total. The van der Waals surface area contributed by atoms with Crippen molar-refractivity contribution < 1.29 is 4.79 Å². The molecule has 1 fully saturated rings. The fourth-order valence-corrected chi connectivity index (χ4v) is 3.67. The fraction of sp³-hybridized carbons (Fsp3) is 0.600. The van der Waals surface area contributed by atoms with Crippen LogP contribution in [0.3, 0.4) is 0 Å². The lowest BCUT2D eigenvalue weighted by Gasteiger charge is -2.34. The number of aromatic nitrogens is 4. The summed E-state index contributed by atoms with van der Waals surface area (Å²) in [6.07, 6.45) is 3.31. The molecule has 1 unspecified atom stereocenters. The predicted octanol–water partition coefficient (Wildman–Crippen LogP) is 2.81. The van der Waals surface area contributed by atoms with Crippen LogP contribution in [0.2, 0.25) is 0 Å². The number of carbonyl (C=O) groups is 1. The van der Waals surface area contributed by atoms with Crippen molar-refractivity contribution in [2.75, 3.05) is 26.7 Å². The summed E-state index contributed by atoms with van der Waals surface area (Å²) in [5, 5.41) is 16.1. The first-order valence-corrected chi connectivity index (χ1v) is 9.88. The quantitative estimate of drug-likeness (QED) is 0.765. The van der Waals surface area contributed by atoms with E-state index in [9.17, 15) is 4.79 Å². The molecule has 1 aromatic carbocycles. The Morgan fingerprint density at radius 2 is 1.89 bits per heavy atom. The zero-order valence-electron chi connectivity index (χ0n) is 16.9. The zero-order valence-corrected chi connectivity index (χ0v) is 17.7. The van der Waals surface area contributed by atoms with Gasteiger partial charge >= 0.3 is 0 Å². The second kappa shape index (κ2) is 10.5. The van der Waals surface area contributed by atoms with E-state index >= 15 is 0 Å². The highest BCUT2D eigenvalue weighted by atomic mass is 35.5. The molecule has 2 aromatic rings. The van der Waals surface area contributed by atoms with Gasteiger partial charge in [-0.3, -0.25) is 4.79 Å². The molecule has 3 rings (SSSR count). The molecule has 1 aliphatic rings. The highest BCUT2D eigenvalue weighted by Gasteiger charge is 2.33. The molecule has 28 heavy (non-hydrogen) atoms. The lowest BCUT2D eigenvalue weighted by atomic mass is 9.92. The number of nitrogens with zero attached hydrogens (tertiary/aromatic N) is 5. The van der Waals surface area contributed by atoms with E-state index < -0.39 is 6.04 Å². The minimum absolute atomic E-state index is 0. The van der Waals surface area contributed by atoms with E-state index in [-0.39, 0.29) is 24.2 Å². The molecule has 0 aliphatic carbocycles. The number of hydrogen-bond acceptors (Lipinski definition) is 5. The first-order valence-electron chi connectivity index (χ1n) is 9.88. The molecular weight excluding hydrogens is 376 g/mol. The Morgan fingerprint density at radius 1 is 1.21 bits per heavy atom. The fourth-order valence-electron chi connectivity index (χ4n) is 3.67. The van der Waals surface area contributed by atoms with Gasteiger partial charge in [-0.15, -0.1) is 22.6 Å². The Hall–Kier alpha value is -1.99. The van der Waals surface area contributed by atoms with Crippen molar-refractivity contribution in [3.63, 3.8) is 0 Å². The van der Waals surface area contributed by atoms with Gasteiger partial charge in [0.25, 0.3) is 0 Å². The molecule has 8 heteroatoms. The van der Waals surface area contributed by atoms with Crippen LogP contribution in [-0.2, 0) is 4.79 Å². The van der Waals surface area contributed by atoms with Gasteiger partial charge in [0.1, 0.15) is 0 Å². The van der Waals surface area contributed by atoms with Crippen molar-refractivity contribution in [1.29, 1.82) is 0 Å². The third-order valence-corrected chi connectivity index (χ3v) is 5.32. The minimum atomic E-state index is -0.413. The molecule has 154 valence electrons. The number of rotatable bonds is 7. The molecule has 1 aliphatic heterocycles. The molecule has 0 saturated carbocycles. The van der Waals surface area contributed by atoms with Crippen molar-refractivity contribution in [2.24, 2.45) is 11.8 Å². The number of hydrogen-bond donors (Lipinski definition) is 1. The molecule has 7 nitrogen and oxygen atoms in total. The summed E-state index contributed by atoms with van der Waals surface area (Å²) in [6, 6.07) is 9.32. The van der Waals surface area contributed by atoms with Gasteiger partial charge < -0.3 is 10.2 Å². The van der Waals surface area contributed by atoms with Crippen LogP contribution < -0.4 is 5.32 Å². The third-order valence-electron chi connectivity index (χ3n) is 5.32. The van der Waals surface area contributed by atoms with Crippen LogP contribution in [0.5, 0.6) is 0 Å². The molecule has 1 amide bonds. The van der Waals surface area contributed by atoms with Gasteiger partial charge in [-0.25, -0.2) is 0 Å². The van der Waals surface area contributed by atoms with Crippen molar-refractivity contribution in [3.05, 3.63) is 30.3 Å². The number of piperidine rings is 1. The number of tetrazole rings is 1. The normalized spacial score (nSPS) is 16.1. The first kappa shape index (κ1) is 22.3. The van der Waals surface area contributed by atoms with Gasteiger partial charge in [0.2, 0.25) is 11.7 Å². The summed E-state index contributed by atoms with van der Waals surface area (Å²) in [7, 11) is 1.99. The van der Waals surface area contributed by atoms with Crippen LogP contribution in [0.25, 0.3) is 11.4 Å². The summed E-state index contributed by atoms with van der Waals surface area (Å²) in [5.41, 5.74) is 0.907.